The molecule has 0 aliphatic heterocycles. The van der Waals surface area contributed by atoms with Crippen molar-refractivity contribution < 1.29 is 4.74 Å². The number of nitrogens with zero attached hydrogens (tertiary/aromatic N) is 1. The lowest BCUT2D eigenvalue weighted by atomic mass is 10.1. The average Bonchev–Trinajstić information content (AvgIpc) is 2.86. The van der Waals surface area contributed by atoms with Crippen LogP contribution in [-0.2, 0) is 4.74 Å². The first-order valence-electron chi connectivity index (χ1n) is 6.67. The van der Waals surface area contributed by atoms with Gasteiger partial charge < -0.3 is 15.4 Å². The third-order valence-electron chi connectivity index (χ3n) is 2.83. The molecule has 2 N–H and O–H groups in total. The largest absolute Gasteiger partial charge is 0.383 e. The predicted octanol–water partition coefficient (Wildman–Crippen LogP) is 3.44. The fourth-order valence-electron chi connectivity index (χ4n) is 1.93. The molecule has 21 heavy (non-hydrogen) atoms. The second-order valence-corrected chi connectivity index (χ2v) is 6.26. The highest BCUT2D eigenvalue weighted by Gasteiger charge is 2.06. The van der Waals surface area contributed by atoms with Crippen molar-refractivity contribution in [3.8, 4) is 11.3 Å². The minimum absolute atomic E-state index is 0.166. The summed E-state index contributed by atoms with van der Waals surface area (Å²) >= 11 is 6.95. The van der Waals surface area contributed by atoms with Crippen molar-refractivity contribution in [1.29, 1.82) is 0 Å². The first-order chi connectivity index (χ1) is 10.1. The Morgan fingerprint density at radius 3 is 2.95 bits per heavy atom. The van der Waals surface area contributed by atoms with Gasteiger partial charge in [0.05, 0.1) is 17.3 Å². The van der Waals surface area contributed by atoms with Crippen LogP contribution in [0.5, 0.6) is 0 Å². The molecule has 0 spiro atoms. The van der Waals surface area contributed by atoms with Gasteiger partial charge >= 0.3 is 0 Å². The summed E-state index contributed by atoms with van der Waals surface area (Å²) in [5, 5.41) is 10.1. The summed E-state index contributed by atoms with van der Waals surface area (Å²) in [7, 11) is 1.67. The molecule has 0 amide bonds. The lowest BCUT2D eigenvalue weighted by Crippen LogP contribution is -2.38. The van der Waals surface area contributed by atoms with E-state index in [9.17, 15) is 0 Å². The van der Waals surface area contributed by atoms with Gasteiger partial charge in [0.1, 0.15) is 0 Å². The van der Waals surface area contributed by atoms with E-state index in [0.717, 1.165) is 22.0 Å². The van der Waals surface area contributed by atoms with Gasteiger partial charge in [0, 0.05) is 29.8 Å². The molecule has 0 aliphatic carbocycles. The lowest BCUT2D eigenvalue weighted by molar-refractivity contribution is 0.179. The van der Waals surface area contributed by atoms with E-state index in [1.807, 2.05) is 38.1 Å². The van der Waals surface area contributed by atoms with Crippen molar-refractivity contribution in [3.05, 3.63) is 34.7 Å². The van der Waals surface area contributed by atoms with Gasteiger partial charge in [-0.3, -0.25) is 0 Å². The second kappa shape index (κ2) is 7.49. The van der Waals surface area contributed by atoms with E-state index in [2.05, 4.69) is 21.0 Å². The smallest absolute Gasteiger partial charge is 0.171 e. The van der Waals surface area contributed by atoms with E-state index in [1.165, 1.54) is 0 Å². The quantitative estimate of drug-likeness (QED) is 0.826. The fourth-order valence-corrected chi connectivity index (χ4v) is 2.88. The predicted molar refractivity (Wildman–Crippen MR) is 93.0 cm³/mol. The SMILES string of the molecule is COC[C@H](C)NC(=S)Nc1cccc(-c2csc(C)n2)c1. The molecular weight excluding hydrogens is 302 g/mol. The highest BCUT2D eigenvalue weighted by Crippen LogP contribution is 2.24. The van der Waals surface area contributed by atoms with E-state index in [-0.39, 0.29) is 6.04 Å². The van der Waals surface area contributed by atoms with Gasteiger partial charge in [-0.25, -0.2) is 4.98 Å². The van der Waals surface area contributed by atoms with E-state index < -0.39 is 0 Å². The highest BCUT2D eigenvalue weighted by atomic mass is 32.1. The molecule has 0 bridgehead atoms. The van der Waals surface area contributed by atoms with Gasteiger partial charge in [0.15, 0.2) is 5.11 Å². The van der Waals surface area contributed by atoms with E-state index >= 15 is 0 Å². The van der Waals surface area contributed by atoms with Crippen molar-refractivity contribution in [3.63, 3.8) is 0 Å². The van der Waals surface area contributed by atoms with Crippen LogP contribution in [0.1, 0.15) is 11.9 Å². The second-order valence-electron chi connectivity index (χ2n) is 4.79. The molecule has 1 aromatic carbocycles. The number of anilines is 1. The zero-order valence-electron chi connectivity index (χ0n) is 12.3. The monoisotopic (exact) mass is 321 g/mol. The molecule has 0 fully saturated rings. The molecule has 4 nitrogen and oxygen atoms in total. The molecule has 0 saturated heterocycles. The third kappa shape index (κ3) is 4.77. The topological polar surface area (TPSA) is 46.2 Å². The van der Waals surface area contributed by atoms with Gasteiger partial charge in [-0.1, -0.05) is 12.1 Å². The Balaban J connectivity index is 2.03. The summed E-state index contributed by atoms with van der Waals surface area (Å²) in [6, 6.07) is 8.23. The normalized spacial score (nSPS) is 12.0. The fraction of sp³-hybridized carbons (Fsp3) is 0.333. The van der Waals surface area contributed by atoms with Crippen LogP contribution in [0.15, 0.2) is 29.6 Å². The number of thiazole rings is 1. The van der Waals surface area contributed by atoms with Crippen molar-refractivity contribution in [2.75, 3.05) is 19.0 Å². The van der Waals surface area contributed by atoms with Crippen LogP contribution in [0.4, 0.5) is 5.69 Å². The van der Waals surface area contributed by atoms with Crippen molar-refractivity contribution >= 4 is 34.4 Å². The first kappa shape index (κ1) is 15.9. The molecule has 1 heterocycles. The number of methoxy groups -OCH3 is 1. The Labute approximate surface area is 134 Å². The summed E-state index contributed by atoms with van der Waals surface area (Å²) in [6.45, 7) is 4.64. The molecule has 0 unspecified atom stereocenters. The number of ether oxygens (including phenoxy) is 1. The molecule has 0 saturated carbocycles. The number of aryl methyl sites for hydroxylation is 1. The van der Waals surface area contributed by atoms with Crippen LogP contribution >= 0.6 is 23.6 Å². The molecule has 2 rings (SSSR count). The summed E-state index contributed by atoms with van der Waals surface area (Å²) in [6.07, 6.45) is 0. The van der Waals surface area contributed by atoms with Gasteiger partial charge in [-0.2, -0.15) is 0 Å². The maximum atomic E-state index is 5.30. The van der Waals surface area contributed by atoms with Crippen molar-refractivity contribution in [2.24, 2.45) is 0 Å². The molecular formula is C15H19N3OS2. The Hall–Kier alpha value is -1.50. The molecule has 1 aromatic heterocycles. The molecule has 2 aromatic rings. The highest BCUT2D eigenvalue weighted by molar-refractivity contribution is 7.80. The number of rotatable bonds is 5. The number of aromatic nitrogens is 1. The zero-order chi connectivity index (χ0) is 15.2. The van der Waals surface area contributed by atoms with Crippen molar-refractivity contribution in [1.82, 2.24) is 10.3 Å². The minimum atomic E-state index is 0.166. The van der Waals surface area contributed by atoms with Gasteiger partial charge in [0.2, 0.25) is 0 Å². The maximum absolute atomic E-state index is 5.30. The number of hydrogen-bond donors (Lipinski definition) is 2. The first-order valence-corrected chi connectivity index (χ1v) is 7.96. The Morgan fingerprint density at radius 1 is 1.48 bits per heavy atom. The molecule has 1 atom stereocenters. The Morgan fingerprint density at radius 2 is 2.29 bits per heavy atom. The summed E-state index contributed by atoms with van der Waals surface area (Å²) < 4.78 is 5.08. The summed E-state index contributed by atoms with van der Waals surface area (Å²) in [5.74, 6) is 0. The number of nitrogens with one attached hydrogen (secondary N) is 2. The molecule has 112 valence electrons. The number of benzene rings is 1. The number of thiocarbonyl (C=S) groups is 1. The third-order valence-corrected chi connectivity index (χ3v) is 3.82. The molecule has 0 radical (unpaired) electrons. The number of hydrogen-bond acceptors (Lipinski definition) is 4. The minimum Gasteiger partial charge on any atom is -0.383 e. The van der Waals surface area contributed by atoms with Crippen LogP contribution in [0.3, 0.4) is 0 Å². The Kier molecular flexibility index (Phi) is 5.67. The van der Waals surface area contributed by atoms with E-state index in [0.29, 0.717) is 11.7 Å². The van der Waals surface area contributed by atoms with Gasteiger partial charge in [0.25, 0.3) is 0 Å². The molecule has 6 heteroatoms. The van der Waals surface area contributed by atoms with Crippen LogP contribution in [0.2, 0.25) is 0 Å². The van der Waals surface area contributed by atoms with Gasteiger partial charge in [-0.15, -0.1) is 11.3 Å². The van der Waals surface area contributed by atoms with Crippen molar-refractivity contribution in [2.45, 2.75) is 19.9 Å². The lowest BCUT2D eigenvalue weighted by Gasteiger charge is -2.16. The molecule has 0 aliphatic rings. The van der Waals surface area contributed by atoms with Crippen LogP contribution in [0, 0.1) is 6.92 Å². The standard InChI is InChI=1S/C15H19N3OS2/c1-10(8-19-3)16-15(20)18-13-6-4-5-12(7-13)14-9-21-11(2)17-14/h4-7,9-10H,8H2,1-3H3,(H2,16,18,20)/t10-/m0/s1. The zero-order valence-corrected chi connectivity index (χ0v) is 14.0. The van der Waals surface area contributed by atoms with Crippen LogP contribution < -0.4 is 10.6 Å². The van der Waals surface area contributed by atoms with Gasteiger partial charge in [-0.05, 0) is 38.2 Å². The van der Waals surface area contributed by atoms with Crippen LogP contribution in [-0.4, -0.2) is 29.9 Å². The Bertz CT molecular complexity index is 612. The maximum Gasteiger partial charge on any atom is 0.171 e. The summed E-state index contributed by atoms with van der Waals surface area (Å²) in [4.78, 5) is 4.50. The summed E-state index contributed by atoms with van der Waals surface area (Å²) in [5.41, 5.74) is 3.02. The van der Waals surface area contributed by atoms with E-state index in [4.69, 9.17) is 17.0 Å². The van der Waals surface area contributed by atoms with Crippen LogP contribution in [0.25, 0.3) is 11.3 Å². The average molecular weight is 321 g/mol. The van der Waals surface area contributed by atoms with E-state index in [1.54, 1.807) is 18.4 Å².